The minimum atomic E-state index is 0.578. The molecule has 386 valence electrons. The number of aryl methyl sites for hydroxylation is 3. The fourth-order valence-electron chi connectivity index (χ4n) is 10.7. The molecule has 3 aromatic carbocycles. The SMILES string of the molecule is COc1cc(-c2nc3sc(C4CCNCC4)nc3s2)cc2cn(C)nc12.Cn1cc2cc(-c3nc4sc(C5CCNCC5)nc4s3)ccc2n1.Cn1cc2cc(-c3nn4cc(C5CCCCC5)nc4s3)cc(C#N)c2n1. The molecule has 3 aliphatic rings. The van der Waals surface area contributed by atoms with Gasteiger partial charge in [-0.15, -0.1) is 0 Å². The number of benzene rings is 3. The third-order valence-corrected chi connectivity index (χ3v) is 20.0. The van der Waals surface area contributed by atoms with Crippen molar-refractivity contribution in [2.24, 2.45) is 21.1 Å². The quantitative estimate of drug-likeness (QED) is 0.153. The first-order valence-corrected chi connectivity index (χ1v) is 29.9. The number of aromatic nitrogens is 13. The Morgan fingerprint density at radius 3 is 1.72 bits per heavy atom. The van der Waals surface area contributed by atoms with Crippen molar-refractivity contribution in [1.29, 1.82) is 5.26 Å². The maximum Gasteiger partial charge on any atom is 0.212 e. The van der Waals surface area contributed by atoms with Crippen LogP contribution in [0.2, 0.25) is 0 Å². The molecule has 2 N–H and O–H groups in total. The number of nitrogens with one attached hydrogen (secondary N) is 2. The lowest BCUT2D eigenvalue weighted by Crippen LogP contribution is -2.26. The highest BCUT2D eigenvalue weighted by molar-refractivity contribution is 7.28. The van der Waals surface area contributed by atoms with Crippen LogP contribution in [0.3, 0.4) is 0 Å². The summed E-state index contributed by atoms with van der Waals surface area (Å²) in [4.78, 5) is 29.5. The van der Waals surface area contributed by atoms with E-state index in [1.54, 1.807) is 68.5 Å². The molecule has 15 rings (SSSR count). The van der Waals surface area contributed by atoms with Crippen molar-refractivity contribution in [3.8, 4) is 43.5 Å². The monoisotopic (exact) mass is 1100 g/mol. The number of rotatable bonds is 7. The van der Waals surface area contributed by atoms with Crippen LogP contribution in [0.25, 0.3) is 88.7 Å². The van der Waals surface area contributed by atoms with Crippen molar-refractivity contribution in [3.05, 3.63) is 88.5 Å². The molecular weight excluding hydrogens is 1050 g/mol. The summed E-state index contributed by atoms with van der Waals surface area (Å²) in [6.07, 6.45) is 19.2. The van der Waals surface area contributed by atoms with Gasteiger partial charge >= 0.3 is 0 Å². The summed E-state index contributed by atoms with van der Waals surface area (Å²) in [6, 6.07) is 16.6. The molecule has 2 saturated heterocycles. The van der Waals surface area contributed by atoms with E-state index in [1.165, 1.54) is 73.5 Å². The number of methoxy groups -OCH3 is 1. The lowest BCUT2D eigenvalue weighted by atomic mass is 9.87. The van der Waals surface area contributed by atoms with Gasteiger partial charge in [-0.25, -0.2) is 29.4 Å². The van der Waals surface area contributed by atoms with E-state index in [9.17, 15) is 5.26 Å². The van der Waals surface area contributed by atoms with E-state index in [1.807, 2.05) is 71.8 Å². The first-order valence-electron chi connectivity index (χ1n) is 25.8. The maximum atomic E-state index is 9.46. The van der Waals surface area contributed by atoms with Gasteiger partial charge in [0.1, 0.15) is 37.9 Å². The van der Waals surface area contributed by atoms with E-state index >= 15 is 0 Å². The lowest BCUT2D eigenvalue weighted by molar-refractivity contribution is 0.418. The van der Waals surface area contributed by atoms with E-state index in [0.717, 1.165) is 121 Å². The molecule has 0 atom stereocenters. The second kappa shape index (κ2) is 20.8. The van der Waals surface area contributed by atoms with Crippen molar-refractivity contribution in [1.82, 2.24) is 74.5 Å². The van der Waals surface area contributed by atoms with Crippen LogP contribution in [0.15, 0.2) is 67.3 Å². The predicted octanol–water partition coefficient (Wildman–Crippen LogP) is 11.8. The van der Waals surface area contributed by atoms with Gasteiger partial charge < -0.3 is 15.4 Å². The molecule has 11 heterocycles. The number of piperidine rings is 2. The Morgan fingerprint density at radius 2 is 1.11 bits per heavy atom. The van der Waals surface area contributed by atoms with Gasteiger partial charge in [0.25, 0.3) is 0 Å². The summed E-state index contributed by atoms with van der Waals surface area (Å²) in [7, 11) is 7.42. The minimum Gasteiger partial charge on any atom is -0.494 e. The number of ether oxygens (including phenoxy) is 1. The van der Waals surface area contributed by atoms with Crippen LogP contribution in [-0.4, -0.2) is 97.2 Å². The van der Waals surface area contributed by atoms with Gasteiger partial charge in [0, 0.05) is 90.3 Å². The number of hydrogen-bond donors (Lipinski definition) is 2. The molecule has 22 heteroatoms. The molecule has 3 fully saturated rings. The summed E-state index contributed by atoms with van der Waals surface area (Å²) in [6.45, 7) is 4.37. The van der Waals surface area contributed by atoms with Gasteiger partial charge in [-0.1, -0.05) is 75.9 Å². The zero-order valence-electron chi connectivity index (χ0n) is 42.5. The van der Waals surface area contributed by atoms with Gasteiger partial charge in [0.05, 0.1) is 40.1 Å². The first-order chi connectivity index (χ1) is 37.2. The topological polar surface area (TPSA) is 192 Å². The Kier molecular flexibility index (Phi) is 13.4. The van der Waals surface area contributed by atoms with Crippen LogP contribution in [-0.2, 0) is 21.1 Å². The van der Waals surface area contributed by atoms with E-state index in [4.69, 9.17) is 34.8 Å². The third-order valence-electron chi connectivity index (χ3n) is 14.6. The Labute approximate surface area is 457 Å². The van der Waals surface area contributed by atoms with Crippen LogP contribution < -0.4 is 15.4 Å². The van der Waals surface area contributed by atoms with Crippen molar-refractivity contribution in [2.75, 3.05) is 33.3 Å². The summed E-state index contributed by atoms with van der Waals surface area (Å²) in [5.74, 6) is 2.55. The van der Waals surface area contributed by atoms with Gasteiger partial charge in [0.15, 0.2) is 19.3 Å². The largest absolute Gasteiger partial charge is 0.494 e. The number of imidazole rings is 1. The van der Waals surface area contributed by atoms with Crippen LogP contribution in [0.1, 0.15) is 96.8 Å². The second-order valence-corrected chi connectivity index (χ2v) is 24.8. The highest BCUT2D eigenvalue weighted by atomic mass is 32.1. The average Bonchev–Trinajstić information content (AvgIpc) is 4.31. The van der Waals surface area contributed by atoms with E-state index in [0.29, 0.717) is 23.3 Å². The fourth-order valence-corrected chi connectivity index (χ4v) is 16.0. The standard InChI is InChI=1S/C19H18N6S.C18H19N5OS2.C17H17N5S2/c1-24-10-15-8-13(7-14(9-20)17(15)22-24)18-23-25-11-16(21-19(25)26-18)12-5-3-2-4-6-12;1-23-9-12-7-11(8-13(24-2)14(12)22-23)16-21-18-17(26-16)20-15(25-18)10-3-5-19-6-4-10;1-22-9-12-8-11(2-3-13(12)21-22)15-20-17-16(24-15)19-14(23-17)10-4-6-18-7-5-10/h7-8,10-12H,2-6H2,1H3;7-10,19H,3-6H2,1-2H3;2-3,8-10,18H,4-7H2,1H3. The Balaban J connectivity index is 0.000000109. The smallest absolute Gasteiger partial charge is 0.212 e. The highest BCUT2D eigenvalue weighted by Crippen LogP contribution is 2.41. The molecule has 2 aliphatic heterocycles. The Morgan fingerprint density at radius 1 is 0.539 bits per heavy atom. The van der Waals surface area contributed by atoms with Crippen molar-refractivity contribution in [2.45, 2.75) is 75.5 Å². The van der Waals surface area contributed by atoms with Gasteiger partial charge in [-0.3, -0.25) is 14.0 Å². The molecule has 0 spiro atoms. The number of nitriles is 1. The van der Waals surface area contributed by atoms with Crippen LogP contribution in [0, 0.1) is 11.3 Å². The summed E-state index contributed by atoms with van der Waals surface area (Å²) in [5.41, 5.74) is 7.53. The minimum absolute atomic E-state index is 0.578. The van der Waals surface area contributed by atoms with Gasteiger partial charge in [-0.05, 0) is 107 Å². The van der Waals surface area contributed by atoms with Crippen LogP contribution in [0.4, 0.5) is 0 Å². The molecule has 1 saturated carbocycles. The summed E-state index contributed by atoms with van der Waals surface area (Å²) in [5, 5.41) is 42.9. The Bertz CT molecular complexity index is 4010. The molecule has 76 heavy (non-hydrogen) atoms. The van der Waals surface area contributed by atoms with Crippen LogP contribution in [0.5, 0.6) is 5.75 Å². The van der Waals surface area contributed by atoms with Crippen molar-refractivity contribution in [3.63, 3.8) is 0 Å². The molecule has 0 amide bonds. The second-order valence-electron chi connectivity index (χ2n) is 19.9. The molecule has 1 aliphatic carbocycles. The maximum absolute atomic E-state index is 9.46. The molecule has 9 aromatic heterocycles. The normalized spacial score (nSPS) is 16.0. The van der Waals surface area contributed by atoms with Crippen molar-refractivity contribution < 1.29 is 4.74 Å². The van der Waals surface area contributed by atoms with E-state index in [2.05, 4.69) is 62.5 Å². The van der Waals surface area contributed by atoms with Crippen molar-refractivity contribution >= 4 is 114 Å². The zero-order valence-corrected chi connectivity index (χ0v) is 46.6. The molecule has 0 bridgehead atoms. The molecule has 17 nitrogen and oxygen atoms in total. The predicted molar refractivity (Wildman–Crippen MR) is 307 cm³/mol. The number of nitrogens with zero attached hydrogens (tertiary/aromatic N) is 14. The lowest BCUT2D eigenvalue weighted by Gasteiger charge is -2.20. The zero-order chi connectivity index (χ0) is 51.4. The molecular formula is C54H54N16OS5. The molecule has 0 radical (unpaired) electrons. The third kappa shape index (κ3) is 9.78. The highest BCUT2D eigenvalue weighted by Gasteiger charge is 2.24. The number of thiazole rings is 4. The first kappa shape index (κ1) is 49.0. The van der Waals surface area contributed by atoms with E-state index in [-0.39, 0.29) is 0 Å². The summed E-state index contributed by atoms with van der Waals surface area (Å²) >= 11 is 8.45. The van der Waals surface area contributed by atoms with Gasteiger partial charge in [-0.2, -0.15) is 25.7 Å². The Hall–Kier alpha value is -6.58. The van der Waals surface area contributed by atoms with Crippen LogP contribution >= 0.6 is 56.7 Å². The van der Waals surface area contributed by atoms with Gasteiger partial charge in [0.2, 0.25) is 4.96 Å². The molecule has 12 aromatic rings. The number of fused-ring (bicyclic) bond motifs is 6. The number of hydrogen-bond acceptors (Lipinski definition) is 18. The fraction of sp³-hybridized carbons (Fsp3) is 0.370. The average molecular weight is 1100 g/mol. The molecule has 0 unspecified atom stereocenters. The van der Waals surface area contributed by atoms with E-state index < -0.39 is 0 Å². The summed E-state index contributed by atoms with van der Waals surface area (Å²) < 4.78 is 12.8.